The minimum Gasteiger partial charge on any atom is -0.378 e. The summed E-state index contributed by atoms with van der Waals surface area (Å²) >= 11 is 3.64. The van der Waals surface area contributed by atoms with Gasteiger partial charge in [-0.05, 0) is 38.5 Å². The van der Waals surface area contributed by atoms with E-state index in [1.165, 1.54) is 6.26 Å². The lowest BCUT2D eigenvalue weighted by Gasteiger charge is -2.38. The van der Waals surface area contributed by atoms with Crippen LogP contribution in [0.1, 0.15) is 32.6 Å². The van der Waals surface area contributed by atoms with Crippen molar-refractivity contribution in [3.8, 4) is 0 Å². The Hall–Kier alpha value is 0.350. The van der Waals surface area contributed by atoms with Gasteiger partial charge < -0.3 is 4.74 Å². The van der Waals surface area contributed by atoms with Crippen LogP contribution < -0.4 is 0 Å². The van der Waals surface area contributed by atoms with Gasteiger partial charge in [-0.15, -0.1) is 0 Å². The molecule has 3 unspecified atom stereocenters. The highest BCUT2D eigenvalue weighted by Gasteiger charge is 2.43. The van der Waals surface area contributed by atoms with Crippen LogP contribution in [-0.4, -0.2) is 50.1 Å². The fraction of sp³-hybridized carbons (Fsp3) is 1.00. The van der Waals surface area contributed by atoms with Crippen molar-refractivity contribution in [2.75, 3.05) is 31.3 Å². The van der Waals surface area contributed by atoms with Crippen molar-refractivity contribution in [1.29, 1.82) is 0 Å². The zero-order valence-electron chi connectivity index (χ0n) is 11.8. The molecule has 0 N–H and O–H groups in total. The molecular weight excluding hydrogens is 330 g/mol. The average Bonchev–Trinajstić information content (AvgIpc) is 2.71. The molecule has 2 rings (SSSR count). The summed E-state index contributed by atoms with van der Waals surface area (Å²) in [5, 5.41) is 0.941. The summed E-state index contributed by atoms with van der Waals surface area (Å²) < 4.78 is 30.7. The van der Waals surface area contributed by atoms with E-state index in [9.17, 15) is 8.42 Å². The van der Waals surface area contributed by atoms with Gasteiger partial charge in [0.15, 0.2) is 0 Å². The van der Waals surface area contributed by atoms with E-state index in [-0.39, 0.29) is 11.5 Å². The molecule has 19 heavy (non-hydrogen) atoms. The molecule has 0 radical (unpaired) electrons. The van der Waals surface area contributed by atoms with Gasteiger partial charge in [0, 0.05) is 30.4 Å². The molecular formula is C13H24BrNO3S. The molecule has 0 aromatic carbocycles. The summed E-state index contributed by atoms with van der Waals surface area (Å²) in [6, 6.07) is 0. The van der Waals surface area contributed by atoms with Crippen molar-refractivity contribution in [2.24, 2.45) is 11.3 Å². The lowest BCUT2D eigenvalue weighted by molar-refractivity contribution is 0.0564. The van der Waals surface area contributed by atoms with E-state index in [1.54, 1.807) is 4.31 Å². The first-order chi connectivity index (χ1) is 8.87. The predicted octanol–water partition coefficient (Wildman–Crippen LogP) is 2.24. The maximum atomic E-state index is 11.7. The van der Waals surface area contributed by atoms with Crippen LogP contribution >= 0.6 is 15.9 Å². The quantitative estimate of drug-likeness (QED) is 0.728. The van der Waals surface area contributed by atoms with Crippen LogP contribution in [-0.2, 0) is 14.8 Å². The minimum atomic E-state index is -3.04. The number of hydrogen-bond acceptors (Lipinski definition) is 3. The first kappa shape index (κ1) is 15.7. The van der Waals surface area contributed by atoms with Crippen LogP contribution in [0, 0.1) is 11.3 Å². The maximum absolute atomic E-state index is 11.7. The smallest absolute Gasteiger partial charge is 0.211 e. The van der Waals surface area contributed by atoms with Gasteiger partial charge in [0.1, 0.15) is 0 Å². The van der Waals surface area contributed by atoms with Gasteiger partial charge in [-0.1, -0.05) is 15.9 Å². The molecule has 0 spiro atoms. The highest BCUT2D eigenvalue weighted by Crippen LogP contribution is 2.43. The van der Waals surface area contributed by atoms with Crippen LogP contribution in [0.15, 0.2) is 0 Å². The zero-order chi connectivity index (χ0) is 14.1. The molecule has 0 saturated carbocycles. The second kappa shape index (κ2) is 6.00. The number of halogens is 1. The summed E-state index contributed by atoms with van der Waals surface area (Å²) in [5.41, 5.74) is 0.186. The fourth-order valence-corrected chi connectivity index (χ4v) is 5.29. The maximum Gasteiger partial charge on any atom is 0.211 e. The van der Waals surface area contributed by atoms with Crippen molar-refractivity contribution < 1.29 is 13.2 Å². The lowest BCUT2D eigenvalue weighted by Crippen LogP contribution is -2.42. The monoisotopic (exact) mass is 353 g/mol. The highest BCUT2D eigenvalue weighted by atomic mass is 79.9. The van der Waals surface area contributed by atoms with E-state index in [2.05, 4.69) is 22.9 Å². The molecule has 2 heterocycles. The summed E-state index contributed by atoms with van der Waals surface area (Å²) in [5.74, 6) is 0.463. The van der Waals surface area contributed by atoms with E-state index < -0.39 is 10.0 Å². The van der Waals surface area contributed by atoms with Gasteiger partial charge in [0.25, 0.3) is 0 Å². The Morgan fingerprint density at radius 2 is 2.21 bits per heavy atom. The molecule has 2 aliphatic heterocycles. The number of alkyl halides is 1. The number of piperidine rings is 1. The zero-order valence-corrected chi connectivity index (χ0v) is 14.2. The van der Waals surface area contributed by atoms with Gasteiger partial charge in [-0.25, -0.2) is 12.7 Å². The molecule has 0 aliphatic carbocycles. The first-order valence-electron chi connectivity index (χ1n) is 7.00. The second-order valence-electron chi connectivity index (χ2n) is 6.09. The Balaban J connectivity index is 2.02. The standard InChI is InChI=1S/C13H24BrNO3S/c1-11-13(10-14,5-7-18-11)8-12-4-3-6-15(9-12)19(2,16)17/h11-12H,3-10H2,1-2H3. The lowest BCUT2D eigenvalue weighted by atomic mass is 9.74. The van der Waals surface area contributed by atoms with Gasteiger partial charge in [0.05, 0.1) is 12.4 Å². The van der Waals surface area contributed by atoms with Crippen LogP contribution in [0.4, 0.5) is 0 Å². The SMILES string of the molecule is CC1OCCC1(CBr)CC1CCCN(S(C)(=O)=O)C1. The molecule has 2 saturated heterocycles. The van der Waals surface area contributed by atoms with Gasteiger partial charge >= 0.3 is 0 Å². The van der Waals surface area contributed by atoms with Crippen molar-refractivity contribution in [3.63, 3.8) is 0 Å². The summed E-state index contributed by atoms with van der Waals surface area (Å²) in [6.07, 6.45) is 5.83. The molecule has 0 bridgehead atoms. The largest absolute Gasteiger partial charge is 0.378 e. The van der Waals surface area contributed by atoms with Crippen LogP contribution in [0.25, 0.3) is 0 Å². The van der Waals surface area contributed by atoms with E-state index in [0.29, 0.717) is 19.0 Å². The topological polar surface area (TPSA) is 46.6 Å². The normalized spacial score (nSPS) is 37.6. The van der Waals surface area contributed by atoms with Crippen molar-refractivity contribution in [1.82, 2.24) is 4.31 Å². The van der Waals surface area contributed by atoms with E-state index in [0.717, 1.165) is 37.6 Å². The molecule has 6 heteroatoms. The third-order valence-electron chi connectivity index (χ3n) is 4.74. The van der Waals surface area contributed by atoms with E-state index in [1.807, 2.05) is 0 Å². The van der Waals surface area contributed by atoms with Gasteiger partial charge in [-0.2, -0.15) is 0 Å². The Labute approximate surface area is 125 Å². The summed E-state index contributed by atoms with van der Waals surface area (Å²) in [6.45, 7) is 4.34. The Morgan fingerprint density at radius 3 is 2.74 bits per heavy atom. The average molecular weight is 354 g/mol. The molecule has 112 valence electrons. The van der Waals surface area contributed by atoms with E-state index in [4.69, 9.17) is 4.74 Å². The highest BCUT2D eigenvalue weighted by molar-refractivity contribution is 9.09. The molecule has 4 nitrogen and oxygen atoms in total. The summed E-state index contributed by atoms with van der Waals surface area (Å²) in [7, 11) is -3.04. The Morgan fingerprint density at radius 1 is 1.47 bits per heavy atom. The van der Waals surface area contributed by atoms with Gasteiger partial charge in [-0.3, -0.25) is 0 Å². The number of rotatable bonds is 4. The van der Waals surface area contributed by atoms with Crippen LogP contribution in [0.2, 0.25) is 0 Å². The number of nitrogens with zero attached hydrogens (tertiary/aromatic N) is 1. The second-order valence-corrected chi connectivity index (χ2v) is 8.64. The number of sulfonamides is 1. The van der Waals surface area contributed by atoms with Crippen molar-refractivity contribution in [3.05, 3.63) is 0 Å². The van der Waals surface area contributed by atoms with Gasteiger partial charge in [0.2, 0.25) is 10.0 Å². The Kier molecular flexibility index (Phi) is 4.97. The first-order valence-corrected chi connectivity index (χ1v) is 9.97. The van der Waals surface area contributed by atoms with Crippen LogP contribution in [0.3, 0.4) is 0 Å². The predicted molar refractivity (Wildman–Crippen MR) is 80.0 cm³/mol. The molecule has 2 fully saturated rings. The Bertz CT molecular complexity index is 414. The molecule has 2 aliphatic rings. The van der Waals surface area contributed by atoms with Crippen molar-refractivity contribution >= 4 is 26.0 Å². The molecule has 0 aromatic rings. The van der Waals surface area contributed by atoms with Crippen LogP contribution in [0.5, 0.6) is 0 Å². The number of hydrogen-bond donors (Lipinski definition) is 0. The molecule has 0 aromatic heterocycles. The molecule has 3 atom stereocenters. The third kappa shape index (κ3) is 3.52. The van der Waals surface area contributed by atoms with Crippen molar-refractivity contribution in [2.45, 2.75) is 38.7 Å². The third-order valence-corrected chi connectivity index (χ3v) is 7.13. The molecule has 0 amide bonds. The van der Waals surface area contributed by atoms with E-state index >= 15 is 0 Å². The minimum absolute atomic E-state index is 0.186. The summed E-state index contributed by atoms with van der Waals surface area (Å²) in [4.78, 5) is 0. The number of ether oxygens (including phenoxy) is 1. The fourth-order valence-electron chi connectivity index (χ4n) is 3.39.